The summed E-state index contributed by atoms with van der Waals surface area (Å²) in [6.45, 7) is 1.28. The van der Waals surface area contributed by atoms with Crippen LogP contribution in [0.3, 0.4) is 0 Å². The first-order chi connectivity index (χ1) is 5.79. The second-order valence-corrected chi connectivity index (χ2v) is 2.53. The Bertz CT molecular complexity index is 183. The summed E-state index contributed by atoms with van der Waals surface area (Å²) in [6.07, 6.45) is 0.731. The predicted molar refractivity (Wildman–Crippen MR) is 41.8 cm³/mol. The highest BCUT2D eigenvalue weighted by atomic mass is 16.5. The van der Waals surface area contributed by atoms with Crippen LogP contribution in [0.25, 0.3) is 0 Å². The molecule has 0 radical (unpaired) electrons. The molecule has 1 rings (SSSR count). The van der Waals surface area contributed by atoms with Gasteiger partial charge in [0.25, 0.3) is 0 Å². The maximum absolute atomic E-state index is 11.1. The van der Waals surface area contributed by atoms with Crippen LogP contribution in [-0.2, 0) is 9.53 Å². The van der Waals surface area contributed by atoms with E-state index >= 15 is 0 Å². The van der Waals surface area contributed by atoms with E-state index in [1.807, 2.05) is 0 Å². The molecule has 1 unspecified atom stereocenters. The van der Waals surface area contributed by atoms with E-state index in [9.17, 15) is 9.59 Å². The molecule has 1 fully saturated rings. The van der Waals surface area contributed by atoms with Crippen LogP contribution in [-0.4, -0.2) is 50.1 Å². The third-order valence-electron chi connectivity index (χ3n) is 1.80. The van der Waals surface area contributed by atoms with E-state index in [-0.39, 0.29) is 6.03 Å². The van der Waals surface area contributed by atoms with Crippen LogP contribution >= 0.6 is 0 Å². The number of carbonyl (C=O) groups excluding carboxylic acids is 2. The molecule has 0 aliphatic carbocycles. The Kier molecular flexibility index (Phi) is 3.04. The summed E-state index contributed by atoms with van der Waals surface area (Å²) in [5, 5.41) is 2.47. The van der Waals surface area contributed by atoms with E-state index < -0.39 is 6.04 Å². The van der Waals surface area contributed by atoms with Crippen molar-refractivity contribution in [2.75, 3.05) is 26.8 Å². The van der Waals surface area contributed by atoms with E-state index in [1.54, 1.807) is 7.05 Å². The minimum Gasteiger partial charge on any atom is -0.377 e. The molecule has 5 heteroatoms. The Morgan fingerprint density at radius 1 is 1.75 bits per heavy atom. The average Bonchev–Trinajstić information content (AvgIpc) is 2.16. The van der Waals surface area contributed by atoms with Gasteiger partial charge in [-0.15, -0.1) is 0 Å². The van der Waals surface area contributed by atoms with Crippen molar-refractivity contribution < 1.29 is 14.3 Å². The first-order valence-corrected chi connectivity index (χ1v) is 3.81. The highest BCUT2D eigenvalue weighted by Crippen LogP contribution is 2.04. The summed E-state index contributed by atoms with van der Waals surface area (Å²) in [6, 6.07) is -0.658. The predicted octanol–water partition coefficient (Wildman–Crippen LogP) is -0.774. The van der Waals surface area contributed by atoms with Crippen molar-refractivity contribution in [3.05, 3.63) is 0 Å². The summed E-state index contributed by atoms with van der Waals surface area (Å²) in [4.78, 5) is 23.1. The monoisotopic (exact) mass is 172 g/mol. The Balaban J connectivity index is 2.58. The zero-order valence-corrected chi connectivity index (χ0v) is 6.95. The largest absolute Gasteiger partial charge is 0.377 e. The fourth-order valence-electron chi connectivity index (χ4n) is 1.13. The average molecular weight is 172 g/mol. The van der Waals surface area contributed by atoms with Gasteiger partial charge in [-0.3, -0.25) is 0 Å². The van der Waals surface area contributed by atoms with Crippen molar-refractivity contribution in [2.24, 2.45) is 0 Å². The van der Waals surface area contributed by atoms with Crippen LogP contribution in [0.4, 0.5) is 4.79 Å². The quantitative estimate of drug-likeness (QED) is 0.528. The SMILES string of the molecule is CNC(=O)N1CCOCC1C=O. The minimum atomic E-state index is -0.432. The van der Waals surface area contributed by atoms with Crippen molar-refractivity contribution >= 4 is 12.3 Å². The van der Waals surface area contributed by atoms with Crippen LogP contribution in [0.15, 0.2) is 0 Å². The number of amides is 2. The van der Waals surface area contributed by atoms with E-state index in [4.69, 9.17) is 4.74 Å². The van der Waals surface area contributed by atoms with Gasteiger partial charge >= 0.3 is 6.03 Å². The Hall–Kier alpha value is -1.10. The molecule has 0 aromatic heterocycles. The molecule has 2 amide bonds. The molecule has 68 valence electrons. The number of ether oxygens (including phenoxy) is 1. The molecule has 5 nitrogen and oxygen atoms in total. The lowest BCUT2D eigenvalue weighted by Gasteiger charge is -2.31. The Morgan fingerprint density at radius 3 is 3.08 bits per heavy atom. The molecule has 0 aromatic carbocycles. The lowest BCUT2D eigenvalue weighted by molar-refractivity contribution is -0.116. The molecule has 0 aromatic rings. The molecule has 0 bridgehead atoms. The van der Waals surface area contributed by atoms with E-state index in [0.717, 1.165) is 6.29 Å². The summed E-state index contributed by atoms with van der Waals surface area (Å²) >= 11 is 0. The van der Waals surface area contributed by atoms with Crippen molar-refractivity contribution in [1.29, 1.82) is 0 Å². The molecule has 1 heterocycles. The number of carbonyl (C=O) groups is 2. The third kappa shape index (κ3) is 1.73. The van der Waals surface area contributed by atoms with E-state index in [1.165, 1.54) is 4.90 Å². The van der Waals surface area contributed by atoms with Crippen molar-refractivity contribution in [3.8, 4) is 0 Å². The summed E-state index contributed by atoms with van der Waals surface area (Å²) in [7, 11) is 1.54. The number of nitrogens with one attached hydrogen (secondary N) is 1. The molecule has 1 aliphatic rings. The van der Waals surface area contributed by atoms with Gasteiger partial charge in [0, 0.05) is 13.6 Å². The number of aldehydes is 1. The van der Waals surface area contributed by atoms with Gasteiger partial charge in [-0.2, -0.15) is 0 Å². The molecule has 1 atom stereocenters. The molecular weight excluding hydrogens is 160 g/mol. The maximum atomic E-state index is 11.1. The fraction of sp³-hybridized carbons (Fsp3) is 0.714. The Morgan fingerprint density at radius 2 is 2.50 bits per heavy atom. The second kappa shape index (κ2) is 4.06. The van der Waals surface area contributed by atoms with Gasteiger partial charge in [0.2, 0.25) is 0 Å². The van der Waals surface area contributed by atoms with Gasteiger partial charge in [0.05, 0.1) is 13.2 Å². The zero-order chi connectivity index (χ0) is 8.97. The lowest BCUT2D eigenvalue weighted by Crippen LogP contribution is -2.52. The molecule has 0 spiro atoms. The molecule has 1 aliphatic heterocycles. The number of rotatable bonds is 1. The van der Waals surface area contributed by atoms with Gasteiger partial charge in [0.1, 0.15) is 12.3 Å². The van der Waals surface area contributed by atoms with Crippen LogP contribution in [0.5, 0.6) is 0 Å². The molecule has 12 heavy (non-hydrogen) atoms. The maximum Gasteiger partial charge on any atom is 0.317 e. The van der Waals surface area contributed by atoms with Gasteiger partial charge in [-0.25, -0.2) is 4.79 Å². The first kappa shape index (κ1) is 8.99. The Labute approximate surface area is 70.7 Å². The topological polar surface area (TPSA) is 58.6 Å². The first-order valence-electron chi connectivity index (χ1n) is 3.81. The van der Waals surface area contributed by atoms with Crippen molar-refractivity contribution in [3.63, 3.8) is 0 Å². The standard InChI is InChI=1S/C7H12N2O3/c1-8-7(11)9-2-3-12-5-6(9)4-10/h4,6H,2-3,5H2,1H3,(H,8,11). The minimum absolute atomic E-state index is 0.226. The van der Waals surface area contributed by atoms with Gasteiger partial charge in [-0.05, 0) is 0 Å². The summed E-state index contributed by atoms with van der Waals surface area (Å²) < 4.78 is 5.04. The number of hydrogen-bond acceptors (Lipinski definition) is 3. The summed E-state index contributed by atoms with van der Waals surface area (Å²) in [5.41, 5.74) is 0. The van der Waals surface area contributed by atoms with E-state index in [2.05, 4.69) is 5.32 Å². The van der Waals surface area contributed by atoms with Crippen LogP contribution in [0, 0.1) is 0 Å². The second-order valence-electron chi connectivity index (χ2n) is 2.53. The van der Waals surface area contributed by atoms with Crippen molar-refractivity contribution in [1.82, 2.24) is 10.2 Å². The number of nitrogens with zero attached hydrogens (tertiary/aromatic N) is 1. The van der Waals surface area contributed by atoms with Crippen LogP contribution in [0.1, 0.15) is 0 Å². The highest BCUT2D eigenvalue weighted by molar-refractivity contribution is 5.78. The summed E-state index contributed by atoms with van der Waals surface area (Å²) in [5.74, 6) is 0. The number of morpholine rings is 1. The number of urea groups is 1. The van der Waals surface area contributed by atoms with Gasteiger partial charge < -0.3 is 19.7 Å². The normalized spacial score (nSPS) is 23.4. The molecule has 1 saturated heterocycles. The van der Waals surface area contributed by atoms with Crippen LogP contribution < -0.4 is 5.32 Å². The molecular formula is C7H12N2O3. The van der Waals surface area contributed by atoms with E-state index in [0.29, 0.717) is 19.8 Å². The third-order valence-corrected chi connectivity index (χ3v) is 1.80. The number of hydrogen-bond donors (Lipinski definition) is 1. The van der Waals surface area contributed by atoms with Crippen molar-refractivity contribution in [2.45, 2.75) is 6.04 Å². The lowest BCUT2D eigenvalue weighted by atomic mass is 10.2. The van der Waals surface area contributed by atoms with Gasteiger partial charge in [0.15, 0.2) is 0 Å². The van der Waals surface area contributed by atoms with Gasteiger partial charge in [-0.1, -0.05) is 0 Å². The fourth-order valence-corrected chi connectivity index (χ4v) is 1.13. The zero-order valence-electron chi connectivity index (χ0n) is 6.95. The molecule has 1 N–H and O–H groups in total. The smallest absolute Gasteiger partial charge is 0.317 e. The highest BCUT2D eigenvalue weighted by Gasteiger charge is 2.25. The molecule has 0 saturated carbocycles. The van der Waals surface area contributed by atoms with Crippen LogP contribution in [0.2, 0.25) is 0 Å².